The second-order valence-corrected chi connectivity index (χ2v) is 6.69. The first-order valence-corrected chi connectivity index (χ1v) is 9.91. The van der Waals surface area contributed by atoms with Crippen molar-refractivity contribution in [3.63, 3.8) is 0 Å². The molecular weight excluding hydrogens is 366 g/mol. The first-order chi connectivity index (χ1) is 14.1. The number of fused-ring (bicyclic) bond motifs is 1. The highest BCUT2D eigenvalue weighted by molar-refractivity contribution is 5.99. The quantitative estimate of drug-likeness (QED) is 0.330. The van der Waals surface area contributed by atoms with Gasteiger partial charge in [0.1, 0.15) is 5.69 Å². The standard InChI is InChI=1S/C23H27N3O3/c1-4-6-13-29-21-12-11-17(14-22(21)28-5-2)16-24-25-23(27)20-15-18-9-7-8-10-19(18)26(20)3/h7-12,14-16H,4-6,13H2,1-3H3,(H,25,27)/b24-16+. The smallest absolute Gasteiger partial charge is 0.287 e. The third-order valence-electron chi connectivity index (χ3n) is 4.59. The van der Waals surface area contributed by atoms with Crippen LogP contribution in [0.4, 0.5) is 0 Å². The van der Waals surface area contributed by atoms with Gasteiger partial charge in [0, 0.05) is 18.0 Å². The molecule has 1 N–H and O–H groups in total. The number of carbonyl (C=O) groups is 1. The van der Waals surface area contributed by atoms with Crippen LogP contribution in [0, 0.1) is 0 Å². The molecule has 1 heterocycles. The molecule has 0 fully saturated rings. The van der Waals surface area contributed by atoms with Gasteiger partial charge in [-0.2, -0.15) is 5.10 Å². The van der Waals surface area contributed by atoms with Gasteiger partial charge in [-0.3, -0.25) is 4.79 Å². The topological polar surface area (TPSA) is 64.8 Å². The van der Waals surface area contributed by atoms with Crippen molar-refractivity contribution in [1.82, 2.24) is 9.99 Å². The van der Waals surface area contributed by atoms with Crippen molar-refractivity contribution in [2.24, 2.45) is 12.1 Å². The van der Waals surface area contributed by atoms with Crippen molar-refractivity contribution in [3.05, 3.63) is 59.8 Å². The minimum atomic E-state index is -0.260. The first kappa shape index (κ1) is 20.5. The summed E-state index contributed by atoms with van der Waals surface area (Å²) < 4.78 is 13.3. The maximum atomic E-state index is 12.5. The maximum absolute atomic E-state index is 12.5. The first-order valence-electron chi connectivity index (χ1n) is 9.91. The molecule has 0 radical (unpaired) electrons. The molecule has 1 aromatic heterocycles. The van der Waals surface area contributed by atoms with Crippen molar-refractivity contribution in [2.75, 3.05) is 13.2 Å². The summed E-state index contributed by atoms with van der Waals surface area (Å²) in [5.41, 5.74) is 4.96. The van der Waals surface area contributed by atoms with E-state index in [2.05, 4.69) is 17.5 Å². The Hall–Kier alpha value is -3.28. The molecule has 152 valence electrons. The Balaban J connectivity index is 1.69. The average molecular weight is 393 g/mol. The van der Waals surface area contributed by atoms with Gasteiger partial charge in [-0.15, -0.1) is 0 Å². The third-order valence-corrected chi connectivity index (χ3v) is 4.59. The van der Waals surface area contributed by atoms with Crippen LogP contribution in [0.25, 0.3) is 10.9 Å². The highest BCUT2D eigenvalue weighted by atomic mass is 16.5. The minimum Gasteiger partial charge on any atom is -0.490 e. The predicted molar refractivity (Wildman–Crippen MR) is 116 cm³/mol. The molecule has 6 nitrogen and oxygen atoms in total. The molecule has 0 atom stereocenters. The number of rotatable bonds is 9. The Morgan fingerprint density at radius 3 is 2.69 bits per heavy atom. The van der Waals surface area contributed by atoms with Crippen LogP contribution < -0.4 is 14.9 Å². The number of hydrogen-bond acceptors (Lipinski definition) is 4. The Kier molecular flexibility index (Phi) is 6.89. The normalized spacial score (nSPS) is 11.1. The van der Waals surface area contributed by atoms with Gasteiger partial charge in [0.15, 0.2) is 11.5 Å². The summed E-state index contributed by atoms with van der Waals surface area (Å²) in [6, 6.07) is 15.3. The molecule has 2 aromatic carbocycles. The van der Waals surface area contributed by atoms with Gasteiger partial charge in [-0.1, -0.05) is 31.5 Å². The van der Waals surface area contributed by atoms with Crippen molar-refractivity contribution in [1.29, 1.82) is 0 Å². The molecule has 0 saturated carbocycles. The van der Waals surface area contributed by atoms with Gasteiger partial charge in [-0.05, 0) is 49.2 Å². The molecule has 1 amide bonds. The van der Waals surface area contributed by atoms with E-state index in [1.165, 1.54) is 0 Å². The Labute approximate surface area is 171 Å². The Morgan fingerprint density at radius 2 is 1.93 bits per heavy atom. The molecule has 3 rings (SSSR count). The number of carbonyl (C=O) groups excluding carboxylic acids is 1. The summed E-state index contributed by atoms with van der Waals surface area (Å²) in [6.07, 6.45) is 3.67. The Bertz CT molecular complexity index is 1010. The zero-order chi connectivity index (χ0) is 20.6. The summed E-state index contributed by atoms with van der Waals surface area (Å²) in [5, 5.41) is 5.12. The van der Waals surface area contributed by atoms with Crippen LogP contribution in [-0.4, -0.2) is 29.9 Å². The average Bonchev–Trinajstić information content (AvgIpc) is 3.07. The van der Waals surface area contributed by atoms with E-state index in [9.17, 15) is 4.79 Å². The van der Waals surface area contributed by atoms with E-state index in [1.807, 2.05) is 67.1 Å². The number of nitrogens with one attached hydrogen (secondary N) is 1. The lowest BCUT2D eigenvalue weighted by atomic mass is 10.2. The van der Waals surface area contributed by atoms with Gasteiger partial charge in [-0.25, -0.2) is 5.43 Å². The fourth-order valence-electron chi connectivity index (χ4n) is 3.05. The van der Waals surface area contributed by atoms with E-state index in [4.69, 9.17) is 9.47 Å². The molecule has 0 aliphatic rings. The molecule has 0 unspecified atom stereocenters. The summed E-state index contributed by atoms with van der Waals surface area (Å²) in [7, 11) is 1.87. The van der Waals surface area contributed by atoms with E-state index >= 15 is 0 Å². The van der Waals surface area contributed by atoms with E-state index < -0.39 is 0 Å². The molecule has 29 heavy (non-hydrogen) atoms. The number of para-hydroxylation sites is 1. The van der Waals surface area contributed by atoms with Crippen LogP contribution in [0.5, 0.6) is 11.5 Å². The SMILES string of the molecule is CCCCOc1ccc(/C=N/NC(=O)c2cc3ccccc3n2C)cc1OCC. The fraction of sp³-hybridized carbons (Fsp3) is 0.304. The zero-order valence-electron chi connectivity index (χ0n) is 17.1. The van der Waals surface area contributed by atoms with E-state index in [0.29, 0.717) is 24.7 Å². The summed E-state index contributed by atoms with van der Waals surface area (Å²) in [4.78, 5) is 12.5. The lowest BCUT2D eigenvalue weighted by molar-refractivity contribution is 0.0947. The van der Waals surface area contributed by atoms with Gasteiger partial charge in [0.05, 0.1) is 19.4 Å². The minimum absolute atomic E-state index is 0.260. The largest absolute Gasteiger partial charge is 0.490 e. The molecule has 0 aliphatic carbocycles. The monoisotopic (exact) mass is 393 g/mol. The third kappa shape index (κ3) is 4.96. The molecule has 6 heteroatoms. The van der Waals surface area contributed by atoms with Crippen LogP contribution in [0.3, 0.4) is 0 Å². The lowest BCUT2D eigenvalue weighted by Crippen LogP contribution is -2.20. The van der Waals surface area contributed by atoms with Gasteiger partial charge < -0.3 is 14.0 Å². The van der Waals surface area contributed by atoms with Gasteiger partial charge >= 0.3 is 0 Å². The van der Waals surface area contributed by atoms with Gasteiger partial charge in [0.25, 0.3) is 5.91 Å². The number of hydrazone groups is 1. The molecule has 0 spiro atoms. The number of ether oxygens (including phenoxy) is 2. The van der Waals surface area contributed by atoms with Crippen LogP contribution in [0.2, 0.25) is 0 Å². The van der Waals surface area contributed by atoms with Crippen LogP contribution in [-0.2, 0) is 7.05 Å². The highest BCUT2D eigenvalue weighted by Crippen LogP contribution is 2.28. The number of hydrogen-bond donors (Lipinski definition) is 1. The summed E-state index contributed by atoms with van der Waals surface area (Å²) >= 11 is 0. The van der Waals surface area contributed by atoms with E-state index in [-0.39, 0.29) is 5.91 Å². The molecular formula is C23H27N3O3. The number of amides is 1. The molecule has 3 aromatic rings. The van der Waals surface area contributed by atoms with Crippen LogP contribution >= 0.6 is 0 Å². The number of benzene rings is 2. The number of nitrogens with zero attached hydrogens (tertiary/aromatic N) is 2. The van der Waals surface area contributed by atoms with Crippen molar-refractivity contribution < 1.29 is 14.3 Å². The second-order valence-electron chi connectivity index (χ2n) is 6.69. The number of aryl methyl sites for hydroxylation is 1. The lowest BCUT2D eigenvalue weighted by Gasteiger charge is -2.12. The molecule has 0 saturated heterocycles. The molecule has 0 aliphatic heterocycles. The van der Waals surface area contributed by atoms with Crippen LogP contribution in [0.1, 0.15) is 42.7 Å². The van der Waals surface area contributed by atoms with Crippen LogP contribution in [0.15, 0.2) is 53.6 Å². The Morgan fingerprint density at radius 1 is 1.10 bits per heavy atom. The number of unbranched alkanes of at least 4 members (excludes halogenated alkanes) is 1. The number of aromatic nitrogens is 1. The second kappa shape index (κ2) is 9.78. The summed E-state index contributed by atoms with van der Waals surface area (Å²) in [5.74, 6) is 1.13. The zero-order valence-corrected chi connectivity index (χ0v) is 17.1. The van der Waals surface area contributed by atoms with Crippen molar-refractivity contribution in [2.45, 2.75) is 26.7 Å². The van der Waals surface area contributed by atoms with Crippen molar-refractivity contribution in [3.8, 4) is 11.5 Å². The summed E-state index contributed by atoms with van der Waals surface area (Å²) in [6.45, 7) is 5.26. The van der Waals surface area contributed by atoms with E-state index in [0.717, 1.165) is 35.1 Å². The van der Waals surface area contributed by atoms with Crippen molar-refractivity contribution >= 4 is 23.0 Å². The maximum Gasteiger partial charge on any atom is 0.287 e. The van der Waals surface area contributed by atoms with Gasteiger partial charge in [0.2, 0.25) is 0 Å². The predicted octanol–water partition coefficient (Wildman–Crippen LogP) is 4.52. The van der Waals surface area contributed by atoms with E-state index in [1.54, 1.807) is 6.21 Å². The fourth-order valence-corrected chi connectivity index (χ4v) is 3.05. The highest BCUT2D eigenvalue weighted by Gasteiger charge is 2.12. The molecule has 0 bridgehead atoms.